The molecule has 0 atom stereocenters. The molecule has 7 heteroatoms. The zero-order chi connectivity index (χ0) is 16.4. The summed E-state index contributed by atoms with van der Waals surface area (Å²) in [5.41, 5.74) is 0. The van der Waals surface area contributed by atoms with Gasteiger partial charge in [0.2, 0.25) is 0 Å². The Labute approximate surface area is 129 Å². The molecule has 1 aromatic carbocycles. The lowest BCUT2D eigenvalue weighted by Crippen LogP contribution is -2.38. The molecule has 0 unspecified atom stereocenters. The number of amides is 1. The van der Waals surface area contributed by atoms with Gasteiger partial charge in [-0.3, -0.25) is 9.59 Å². The molecule has 7 nitrogen and oxygen atoms in total. The van der Waals surface area contributed by atoms with Gasteiger partial charge in [-0.2, -0.15) is 0 Å². The van der Waals surface area contributed by atoms with Crippen LogP contribution in [0.4, 0.5) is 0 Å². The molecule has 0 saturated carbocycles. The van der Waals surface area contributed by atoms with Crippen molar-refractivity contribution in [3.8, 4) is 11.5 Å². The highest BCUT2D eigenvalue weighted by molar-refractivity contribution is 5.78. The van der Waals surface area contributed by atoms with Crippen LogP contribution in [-0.2, 0) is 14.3 Å². The van der Waals surface area contributed by atoms with E-state index in [0.717, 1.165) is 0 Å². The van der Waals surface area contributed by atoms with Gasteiger partial charge in [-0.15, -0.1) is 0 Å². The van der Waals surface area contributed by atoms with Crippen molar-refractivity contribution in [1.29, 1.82) is 0 Å². The molecule has 0 saturated heterocycles. The van der Waals surface area contributed by atoms with Crippen LogP contribution in [-0.4, -0.2) is 62.4 Å². The average molecular weight is 311 g/mol. The van der Waals surface area contributed by atoms with E-state index in [2.05, 4.69) is 4.74 Å². The number of hydrogen-bond acceptors (Lipinski definition) is 6. The number of esters is 1. The zero-order valence-corrected chi connectivity index (χ0v) is 12.8. The summed E-state index contributed by atoms with van der Waals surface area (Å²) in [5.74, 6) is 0.401. The minimum absolute atomic E-state index is 0.0708. The molecule has 0 spiro atoms. The molecule has 0 heterocycles. The van der Waals surface area contributed by atoms with E-state index in [4.69, 9.17) is 14.6 Å². The van der Waals surface area contributed by atoms with Crippen molar-refractivity contribution >= 4 is 11.9 Å². The largest absolute Gasteiger partial charge is 0.497 e. The third kappa shape index (κ3) is 6.01. The summed E-state index contributed by atoms with van der Waals surface area (Å²) in [6.07, 6.45) is 0.0708. The number of benzene rings is 1. The van der Waals surface area contributed by atoms with E-state index in [1.165, 1.54) is 12.0 Å². The molecule has 0 radical (unpaired) electrons. The van der Waals surface area contributed by atoms with Crippen molar-refractivity contribution in [3.63, 3.8) is 0 Å². The van der Waals surface area contributed by atoms with Crippen LogP contribution >= 0.6 is 0 Å². The number of ether oxygens (including phenoxy) is 3. The van der Waals surface area contributed by atoms with Crippen LogP contribution in [0.2, 0.25) is 0 Å². The predicted octanol–water partition coefficient (Wildman–Crippen LogP) is 0.458. The maximum absolute atomic E-state index is 12.1. The summed E-state index contributed by atoms with van der Waals surface area (Å²) >= 11 is 0. The maximum atomic E-state index is 12.1. The third-order valence-corrected chi connectivity index (χ3v) is 2.94. The van der Waals surface area contributed by atoms with Crippen LogP contribution in [0.5, 0.6) is 11.5 Å². The fourth-order valence-electron chi connectivity index (χ4n) is 1.74. The van der Waals surface area contributed by atoms with Crippen LogP contribution in [0, 0.1) is 0 Å². The summed E-state index contributed by atoms with van der Waals surface area (Å²) in [6, 6.07) is 6.89. The highest BCUT2D eigenvalue weighted by Gasteiger charge is 2.15. The molecule has 1 rings (SSSR count). The molecule has 1 aromatic rings. The van der Waals surface area contributed by atoms with Crippen molar-refractivity contribution in [2.45, 2.75) is 6.42 Å². The van der Waals surface area contributed by atoms with Crippen molar-refractivity contribution in [2.24, 2.45) is 0 Å². The molecule has 122 valence electrons. The third-order valence-electron chi connectivity index (χ3n) is 2.94. The SMILES string of the molecule is COC(=O)CCN(CCO)C(=O)COc1cccc(OC)c1. The van der Waals surface area contributed by atoms with E-state index in [1.807, 2.05) is 0 Å². The minimum Gasteiger partial charge on any atom is -0.497 e. The fourth-order valence-corrected chi connectivity index (χ4v) is 1.74. The number of hydrogen-bond donors (Lipinski definition) is 1. The van der Waals surface area contributed by atoms with E-state index < -0.39 is 5.97 Å². The van der Waals surface area contributed by atoms with Crippen LogP contribution in [0.25, 0.3) is 0 Å². The number of aliphatic hydroxyl groups excluding tert-OH is 1. The van der Waals surface area contributed by atoms with Crippen molar-refractivity contribution in [1.82, 2.24) is 4.90 Å². The molecule has 1 N–H and O–H groups in total. The van der Waals surface area contributed by atoms with E-state index in [0.29, 0.717) is 11.5 Å². The molecule has 0 aromatic heterocycles. The van der Waals surface area contributed by atoms with E-state index in [-0.39, 0.29) is 38.6 Å². The second kappa shape index (κ2) is 9.62. The highest BCUT2D eigenvalue weighted by atomic mass is 16.5. The molecule has 22 heavy (non-hydrogen) atoms. The predicted molar refractivity (Wildman–Crippen MR) is 78.8 cm³/mol. The Bertz CT molecular complexity index is 491. The minimum atomic E-state index is -0.413. The lowest BCUT2D eigenvalue weighted by atomic mass is 10.3. The molecule has 0 bridgehead atoms. The average Bonchev–Trinajstić information content (AvgIpc) is 2.56. The lowest BCUT2D eigenvalue weighted by molar-refractivity contribution is -0.142. The second-order valence-electron chi connectivity index (χ2n) is 4.40. The first-order chi connectivity index (χ1) is 10.6. The van der Waals surface area contributed by atoms with Gasteiger partial charge in [0.1, 0.15) is 11.5 Å². The van der Waals surface area contributed by atoms with Crippen LogP contribution in [0.15, 0.2) is 24.3 Å². The van der Waals surface area contributed by atoms with E-state index in [1.54, 1.807) is 31.4 Å². The van der Waals surface area contributed by atoms with Gasteiger partial charge in [-0.25, -0.2) is 0 Å². The monoisotopic (exact) mass is 311 g/mol. The van der Waals surface area contributed by atoms with Crippen LogP contribution in [0.3, 0.4) is 0 Å². The smallest absolute Gasteiger partial charge is 0.307 e. The van der Waals surface area contributed by atoms with Gasteiger partial charge in [0.15, 0.2) is 6.61 Å². The van der Waals surface area contributed by atoms with Gasteiger partial charge in [0, 0.05) is 19.2 Å². The summed E-state index contributed by atoms with van der Waals surface area (Å²) < 4.78 is 15.0. The summed E-state index contributed by atoms with van der Waals surface area (Å²) in [7, 11) is 2.83. The summed E-state index contributed by atoms with van der Waals surface area (Å²) in [5, 5.41) is 8.99. The van der Waals surface area contributed by atoms with Crippen LogP contribution in [0.1, 0.15) is 6.42 Å². The Kier molecular flexibility index (Phi) is 7.77. The Morgan fingerprint density at radius 2 is 1.91 bits per heavy atom. The lowest BCUT2D eigenvalue weighted by Gasteiger charge is -2.21. The highest BCUT2D eigenvalue weighted by Crippen LogP contribution is 2.18. The number of carbonyl (C=O) groups excluding carboxylic acids is 2. The molecule has 0 fully saturated rings. The molecular formula is C15H21NO6. The topological polar surface area (TPSA) is 85.3 Å². The van der Waals surface area contributed by atoms with Gasteiger partial charge in [0.05, 0.1) is 27.2 Å². The number of nitrogens with zero attached hydrogens (tertiary/aromatic N) is 1. The summed E-state index contributed by atoms with van der Waals surface area (Å²) in [4.78, 5) is 24.6. The number of carbonyl (C=O) groups is 2. The molecule has 0 aliphatic rings. The Morgan fingerprint density at radius 3 is 2.55 bits per heavy atom. The van der Waals surface area contributed by atoms with Gasteiger partial charge >= 0.3 is 5.97 Å². The van der Waals surface area contributed by atoms with Gasteiger partial charge in [-0.05, 0) is 12.1 Å². The fraction of sp³-hybridized carbons (Fsp3) is 0.467. The Morgan fingerprint density at radius 1 is 1.18 bits per heavy atom. The number of rotatable bonds is 9. The van der Waals surface area contributed by atoms with Crippen molar-refractivity contribution in [2.75, 3.05) is 40.5 Å². The maximum Gasteiger partial charge on any atom is 0.307 e. The molecule has 1 amide bonds. The van der Waals surface area contributed by atoms with Gasteiger partial charge < -0.3 is 24.2 Å². The zero-order valence-electron chi connectivity index (χ0n) is 12.8. The van der Waals surface area contributed by atoms with E-state index >= 15 is 0 Å². The van der Waals surface area contributed by atoms with Gasteiger partial charge in [-0.1, -0.05) is 6.07 Å². The standard InChI is InChI=1S/C15H21NO6/c1-20-12-4-3-5-13(10-12)22-11-14(18)16(8-9-17)7-6-15(19)21-2/h3-5,10,17H,6-9,11H2,1-2H3. The number of aliphatic hydroxyl groups is 1. The van der Waals surface area contributed by atoms with Crippen LogP contribution < -0.4 is 9.47 Å². The number of methoxy groups -OCH3 is 2. The first kappa shape index (κ1) is 17.8. The van der Waals surface area contributed by atoms with Gasteiger partial charge in [0.25, 0.3) is 5.91 Å². The Hall–Kier alpha value is -2.28. The van der Waals surface area contributed by atoms with E-state index in [9.17, 15) is 9.59 Å². The van der Waals surface area contributed by atoms with Crippen molar-refractivity contribution < 1.29 is 28.9 Å². The second-order valence-corrected chi connectivity index (χ2v) is 4.40. The van der Waals surface area contributed by atoms with Crippen molar-refractivity contribution in [3.05, 3.63) is 24.3 Å². The Balaban J connectivity index is 2.53. The molecule has 0 aliphatic carbocycles. The summed E-state index contributed by atoms with van der Waals surface area (Å²) in [6.45, 7) is -0.0642. The first-order valence-electron chi connectivity index (χ1n) is 6.83. The first-order valence-corrected chi connectivity index (χ1v) is 6.83. The molecule has 0 aliphatic heterocycles. The molecular weight excluding hydrogens is 290 g/mol. The quantitative estimate of drug-likeness (QED) is 0.667. The normalized spacial score (nSPS) is 9.95.